The largest absolute Gasteiger partial charge is 0.347 e. The molecule has 1 N–H and O–H groups in total. The van der Waals surface area contributed by atoms with Crippen LogP contribution < -0.4 is 5.32 Å². The van der Waals surface area contributed by atoms with E-state index in [0.717, 1.165) is 0 Å². The molecule has 2 nitrogen and oxygen atoms in total. The molecule has 0 spiro atoms. The van der Waals surface area contributed by atoms with Crippen molar-refractivity contribution in [2.75, 3.05) is 4.43 Å². The van der Waals surface area contributed by atoms with Gasteiger partial charge in [0.05, 0.1) is 0 Å². The number of piperidine rings is 1. The van der Waals surface area contributed by atoms with E-state index >= 15 is 0 Å². The van der Waals surface area contributed by atoms with E-state index in [0.29, 0.717) is 10.8 Å². The molecule has 1 rings (SSSR count). The lowest BCUT2D eigenvalue weighted by Gasteiger charge is -2.27. The summed E-state index contributed by atoms with van der Waals surface area (Å²) < 4.78 is 25.7. The summed E-state index contributed by atoms with van der Waals surface area (Å²) in [5.74, 6) is -4.26. The molecule has 1 aliphatic rings. The van der Waals surface area contributed by atoms with E-state index in [2.05, 4.69) is 27.9 Å². The fourth-order valence-electron chi connectivity index (χ4n) is 0.948. The highest BCUT2D eigenvalue weighted by molar-refractivity contribution is 14.1. The zero-order chi connectivity index (χ0) is 8.48. The van der Waals surface area contributed by atoms with Gasteiger partial charge in [0.2, 0.25) is 0 Å². The van der Waals surface area contributed by atoms with Crippen molar-refractivity contribution in [3.05, 3.63) is 0 Å². The van der Waals surface area contributed by atoms with E-state index in [1.807, 2.05) is 0 Å². The lowest BCUT2D eigenvalue weighted by atomic mass is 10.0. The Kier molecular flexibility index (Phi) is 2.66. The third-order valence-corrected chi connectivity index (χ3v) is 2.72. The second kappa shape index (κ2) is 3.20. The van der Waals surface area contributed by atoms with Gasteiger partial charge in [-0.3, -0.25) is 4.79 Å². The van der Waals surface area contributed by atoms with E-state index in [9.17, 15) is 13.6 Å². The van der Waals surface area contributed by atoms with Gasteiger partial charge in [-0.1, -0.05) is 22.6 Å². The Morgan fingerprint density at radius 3 is 2.82 bits per heavy atom. The van der Waals surface area contributed by atoms with Crippen LogP contribution >= 0.6 is 22.6 Å². The molecule has 0 bridgehead atoms. The zero-order valence-electron chi connectivity index (χ0n) is 5.74. The fraction of sp³-hybridized carbons (Fsp3) is 0.833. The van der Waals surface area contributed by atoms with Crippen molar-refractivity contribution in [1.82, 2.24) is 5.32 Å². The Balaban J connectivity index is 2.55. The molecule has 1 amide bonds. The summed E-state index contributed by atoms with van der Waals surface area (Å²) in [7, 11) is 0. The van der Waals surface area contributed by atoms with E-state index in [-0.39, 0.29) is 12.5 Å². The van der Waals surface area contributed by atoms with Gasteiger partial charge in [-0.2, -0.15) is 8.78 Å². The van der Waals surface area contributed by atoms with Crippen LogP contribution in [0.15, 0.2) is 0 Å². The van der Waals surface area contributed by atoms with E-state index in [4.69, 9.17) is 0 Å². The monoisotopic (exact) mass is 275 g/mol. The highest BCUT2D eigenvalue weighted by Crippen LogP contribution is 2.26. The average Bonchev–Trinajstić information content (AvgIpc) is 1.95. The van der Waals surface area contributed by atoms with Crippen LogP contribution in [0, 0.1) is 0 Å². The van der Waals surface area contributed by atoms with Gasteiger partial charge in [0.15, 0.2) is 0 Å². The van der Waals surface area contributed by atoms with Gasteiger partial charge in [0, 0.05) is 16.9 Å². The number of carbonyl (C=O) groups excluding carboxylic acids is 1. The molecule has 1 saturated heterocycles. The zero-order valence-corrected chi connectivity index (χ0v) is 7.90. The van der Waals surface area contributed by atoms with E-state index < -0.39 is 11.8 Å². The first-order chi connectivity index (χ1) is 5.06. The summed E-state index contributed by atoms with van der Waals surface area (Å²) >= 11 is 2.07. The minimum absolute atomic E-state index is 0.0669. The molecule has 1 fully saturated rings. The van der Waals surface area contributed by atoms with Gasteiger partial charge in [0.1, 0.15) is 0 Å². The predicted molar refractivity (Wildman–Crippen MR) is 45.0 cm³/mol. The average molecular weight is 275 g/mol. The van der Waals surface area contributed by atoms with Gasteiger partial charge in [-0.25, -0.2) is 0 Å². The number of hydrogen-bond donors (Lipinski definition) is 1. The standard InChI is InChI=1S/C6H8F2INO/c7-6(8)2-1-4(3-9)10-5(6)11/h4H,1-3H2,(H,10,11). The Hall–Kier alpha value is 0.0600. The second-order valence-electron chi connectivity index (χ2n) is 2.57. The number of halogens is 3. The van der Waals surface area contributed by atoms with Crippen molar-refractivity contribution < 1.29 is 13.6 Å². The van der Waals surface area contributed by atoms with Crippen molar-refractivity contribution in [2.24, 2.45) is 0 Å². The van der Waals surface area contributed by atoms with Gasteiger partial charge in [-0.05, 0) is 6.42 Å². The van der Waals surface area contributed by atoms with Crippen molar-refractivity contribution in [2.45, 2.75) is 24.8 Å². The van der Waals surface area contributed by atoms with Crippen LogP contribution in [0.25, 0.3) is 0 Å². The molecular weight excluding hydrogens is 267 g/mol. The van der Waals surface area contributed by atoms with Gasteiger partial charge in [0.25, 0.3) is 5.91 Å². The first-order valence-corrected chi connectivity index (χ1v) is 4.83. The molecule has 0 radical (unpaired) electrons. The third-order valence-electron chi connectivity index (χ3n) is 1.66. The Morgan fingerprint density at radius 2 is 2.36 bits per heavy atom. The van der Waals surface area contributed by atoms with Gasteiger partial charge in [-0.15, -0.1) is 0 Å². The van der Waals surface area contributed by atoms with Crippen LogP contribution in [0.2, 0.25) is 0 Å². The topological polar surface area (TPSA) is 29.1 Å². The maximum Gasteiger partial charge on any atom is 0.324 e. The van der Waals surface area contributed by atoms with Gasteiger partial charge < -0.3 is 5.32 Å². The number of nitrogens with one attached hydrogen (secondary N) is 1. The summed E-state index contributed by atoms with van der Waals surface area (Å²) in [4.78, 5) is 10.6. The fourth-order valence-corrected chi connectivity index (χ4v) is 1.61. The number of amides is 1. The first-order valence-electron chi connectivity index (χ1n) is 3.31. The number of hydrogen-bond acceptors (Lipinski definition) is 1. The first kappa shape index (κ1) is 9.15. The van der Waals surface area contributed by atoms with Crippen molar-refractivity contribution in [3.63, 3.8) is 0 Å². The van der Waals surface area contributed by atoms with Crippen LogP contribution in [0.1, 0.15) is 12.8 Å². The second-order valence-corrected chi connectivity index (χ2v) is 3.45. The smallest absolute Gasteiger partial charge is 0.324 e. The Bertz CT molecular complexity index is 174. The lowest BCUT2D eigenvalue weighted by Crippen LogP contribution is -2.51. The summed E-state index contributed by atoms with van der Waals surface area (Å²) in [6, 6.07) is -0.0669. The third kappa shape index (κ3) is 2.00. The molecular formula is C6H8F2INO. The molecule has 11 heavy (non-hydrogen) atoms. The molecule has 1 aliphatic heterocycles. The molecule has 0 aliphatic carbocycles. The highest BCUT2D eigenvalue weighted by Gasteiger charge is 2.43. The minimum atomic E-state index is -3.14. The molecule has 5 heteroatoms. The normalized spacial score (nSPS) is 29.7. The Labute approximate surface area is 76.9 Å². The van der Waals surface area contributed by atoms with Crippen molar-refractivity contribution in [3.8, 4) is 0 Å². The van der Waals surface area contributed by atoms with Crippen LogP contribution in [-0.4, -0.2) is 22.3 Å². The molecule has 0 aromatic carbocycles. The maximum atomic E-state index is 12.5. The molecule has 1 heterocycles. The molecule has 1 atom stereocenters. The maximum absolute atomic E-state index is 12.5. The van der Waals surface area contributed by atoms with Crippen molar-refractivity contribution >= 4 is 28.5 Å². The summed E-state index contributed by atoms with van der Waals surface area (Å²) in [6.07, 6.45) is 0.0637. The van der Waals surface area contributed by atoms with Crippen LogP contribution in [0.3, 0.4) is 0 Å². The summed E-state index contributed by atoms with van der Waals surface area (Å²) in [6.45, 7) is 0. The van der Waals surface area contributed by atoms with Crippen LogP contribution in [0.4, 0.5) is 8.78 Å². The molecule has 0 aromatic rings. The minimum Gasteiger partial charge on any atom is -0.347 e. The molecule has 0 saturated carbocycles. The number of carbonyl (C=O) groups is 1. The van der Waals surface area contributed by atoms with Crippen molar-refractivity contribution in [1.29, 1.82) is 0 Å². The molecule has 1 unspecified atom stereocenters. The highest BCUT2D eigenvalue weighted by atomic mass is 127. The van der Waals surface area contributed by atoms with E-state index in [1.165, 1.54) is 0 Å². The number of alkyl halides is 3. The molecule has 0 aromatic heterocycles. The van der Waals surface area contributed by atoms with E-state index in [1.54, 1.807) is 0 Å². The summed E-state index contributed by atoms with van der Waals surface area (Å²) in [5, 5.41) is 2.26. The molecule has 64 valence electrons. The lowest BCUT2D eigenvalue weighted by molar-refractivity contribution is -0.151. The Morgan fingerprint density at radius 1 is 1.73 bits per heavy atom. The van der Waals surface area contributed by atoms with Gasteiger partial charge >= 0.3 is 5.92 Å². The summed E-state index contributed by atoms with van der Waals surface area (Å²) in [5.41, 5.74) is 0. The SMILES string of the molecule is O=C1NC(CI)CCC1(F)F. The predicted octanol–water partition coefficient (Wildman–Crippen LogP) is 1.34. The number of rotatable bonds is 1. The van der Waals surface area contributed by atoms with Crippen LogP contribution in [-0.2, 0) is 4.79 Å². The quantitative estimate of drug-likeness (QED) is 0.568. The van der Waals surface area contributed by atoms with Crippen LogP contribution in [0.5, 0.6) is 0 Å².